The Labute approximate surface area is 261 Å². The summed E-state index contributed by atoms with van der Waals surface area (Å²) >= 11 is 0. The summed E-state index contributed by atoms with van der Waals surface area (Å²) in [5.74, 6) is -1.28. The molecule has 2 atom stereocenters. The molecular weight excluding hydrogens is 524 g/mol. The van der Waals surface area contributed by atoms with Crippen molar-refractivity contribution in [3.8, 4) is 0 Å². The summed E-state index contributed by atoms with van der Waals surface area (Å²) in [6, 6.07) is 0. The van der Waals surface area contributed by atoms with Crippen LogP contribution in [0.4, 0.5) is 0 Å². The molecule has 250 valence electrons. The summed E-state index contributed by atoms with van der Waals surface area (Å²) in [6.07, 6.45) is 32.2. The van der Waals surface area contributed by atoms with Gasteiger partial charge in [0.15, 0.2) is 11.6 Å². The van der Waals surface area contributed by atoms with E-state index in [9.17, 15) is 24.9 Å². The van der Waals surface area contributed by atoms with Crippen molar-refractivity contribution in [1.29, 1.82) is 0 Å². The predicted octanol–water partition coefficient (Wildman–Crippen LogP) is 9.95. The summed E-state index contributed by atoms with van der Waals surface area (Å²) in [5.41, 5.74) is -2.47. The summed E-state index contributed by atoms with van der Waals surface area (Å²) in [4.78, 5) is 25.7. The minimum Gasteiger partial charge on any atom is -0.394 e. The summed E-state index contributed by atoms with van der Waals surface area (Å²) in [5, 5.41) is 30.6. The van der Waals surface area contributed by atoms with E-state index in [1.165, 1.54) is 128 Å². The normalized spacial score (nSPS) is 13.7. The Morgan fingerprint density at radius 2 is 0.667 bits per heavy atom. The molecule has 0 spiro atoms. The number of Topliss-reactive ketones (excluding diaryl/α,β-unsaturated/α-hetero) is 2. The zero-order valence-corrected chi connectivity index (χ0v) is 28.2. The van der Waals surface area contributed by atoms with E-state index in [4.69, 9.17) is 0 Å². The SMILES string of the molecule is CCCCCCCCCCCCCCCCCC(=O)C(O)(C(=O)CCCCCCCCCCCCCCC)C(O)CO. The number of hydrogen-bond acceptors (Lipinski definition) is 5. The quantitative estimate of drug-likeness (QED) is 0.0507. The molecule has 42 heavy (non-hydrogen) atoms. The maximum absolute atomic E-state index is 12.8. The Morgan fingerprint density at radius 3 is 0.881 bits per heavy atom. The first kappa shape index (κ1) is 41.2. The molecule has 0 radical (unpaired) electrons. The van der Waals surface area contributed by atoms with Crippen LogP contribution in [0.3, 0.4) is 0 Å². The number of rotatable bonds is 34. The van der Waals surface area contributed by atoms with Crippen LogP contribution in [-0.2, 0) is 9.59 Å². The Bertz CT molecular complexity index is 607. The van der Waals surface area contributed by atoms with Gasteiger partial charge >= 0.3 is 0 Å². The van der Waals surface area contributed by atoms with Crippen molar-refractivity contribution in [2.24, 2.45) is 0 Å². The van der Waals surface area contributed by atoms with Crippen molar-refractivity contribution < 1.29 is 24.9 Å². The third-order valence-corrected chi connectivity index (χ3v) is 9.02. The minimum absolute atomic E-state index is 0.0654. The highest BCUT2D eigenvalue weighted by Crippen LogP contribution is 2.22. The van der Waals surface area contributed by atoms with Crippen LogP contribution >= 0.6 is 0 Å². The molecule has 0 heterocycles. The molecule has 5 nitrogen and oxygen atoms in total. The lowest BCUT2D eigenvalue weighted by molar-refractivity contribution is -0.166. The summed E-state index contributed by atoms with van der Waals surface area (Å²) in [6.45, 7) is 3.70. The zero-order chi connectivity index (χ0) is 31.2. The molecule has 0 fully saturated rings. The van der Waals surface area contributed by atoms with Crippen LogP contribution in [0.1, 0.15) is 206 Å². The van der Waals surface area contributed by atoms with Crippen molar-refractivity contribution in [2.45, 2.75) is 218 Å². The zero-order valence-electron chi connectivity index (χ0n) is 28.2. The third kappa shape index (κ3) is 21.8. The van der Waals surface area contributed by atoms with E-state index in [0.29, 0.717) is 12.8 Å². The van der Waals surface area contributed by atoms with Crippen molar-refractivity contribution >= 4 is 11.6 Å². The van der Waals surface area contributed by atoms with E-state index in [0.717, 1.165) is 38.5 Å². The van der Waals surface area contributed by atoms with Crippen LogP contribution in [0, 0.1) is 0 Å². The van der Waals surface area contributed by atoms with Crippen molar-refractivity contribution in [3.05, 3.63) is 0 Å². The van der Waals surface area contributed by atoms with Gasteiger partial charge in [-0.2, -0.15) is 0 Å². The number of ketones is 2. The Kier molecular flexibility index (Phi) is 29.7. The molecule has 0 bridgehead atoms. The second kappa shape index (κ2) is 30.3. The molecule has 5 heteroatoms. The van der Waals surface area contributed by atoms with Crippen LogP contribution < -0.4 is 0 Å². The van der Waals surface area contributed by atoms with Gasteiger partial charge in [0.05, 0.1) is 6.61 Å². The smallest absolute Gasteiger partial charge is 0.209 e. The lowest BCUT2D eigenvalue weighted by Gasteiger charge is -2.29. The highest BCUT2D eigenvalue weighted by molar-refractivity contribution is 6.10. The maximum atomic E-state index is 12.8. The monoisotopic (exact) mass is 597 g/mol. The van der Waals surface area contributed by atoms with Gasteiger partial charge in [-0.15, -0.1) is 0 Å². The van der Waals surface area contributed by atoms with Crippen molar-refractivity contribution in [3.63, 3.8) is 0 Å². The van der Waals surface area contributed by atoms with Gasteiger partial charge in [0.2, 0.25) is 5.60 Å². The molecular formula is C37H72O5. The third-order valence-electron chi connectivity index (χ3n) is 9.02. The fourth-order valence-corrected chi connectivity index (χ4v) is 6.00. The van der Waals surface area contributed by atoms with Crippen LogP contribution in [0.2, 0.25) is 0 Å². The van der Waals surface area contributed by atoms with Crippen LogP contribution in [0.5, 0.6) is 0 Å². The molecule has 0 rings (SSSR count). The Morgan fingerprint density at radius 1 is 0.452 bits per heavy atom. The largest absolute Gasteiger partial charge is 0.394 e. The molecule has 0 aromatic heterocycles. The van der Waals surface area contributed by atoms with E-state index in [1.807, 2.05) is 0 Å². The average Bonchev–Trinajstić information content (AvgIpc) is 3.00. The predicted molar refractivity (Wildman–Crippen MR) is 178 cm³/mol. The van der Waals surface area contributed by atoms with Gasteiger partial charge in [0.1, 0.15) is 6.10 Å². The Balaban J connectivity index is 3.95. The number of carbonyl (C=O) groups is 2. The summed E-state index contributed by atoms with van der Waals surface area (Å²) < 4.78 is 0. The highest BCUT2D eigenvalue weighted by atomic mass is 16.4. The maximum Gasteiger partial charge on any atom is 0.209 e. The van der Waals surface area contributed by atoms with E-state index in [-0.39, 0.29) is 12.8 Å². The second-order valence-corrected chi connectivity index (χ2v) is 13.0. The number of unbranched alkanes of at least 4 members (excludes halogenated alkanes) is 26. The molecule has 0 aromatic rings. The fraction of sp³-hybridized carbons (Fsp3) is 0.946. The molecule has 0 amide bonds. The second-order valence-electron chi connectivity index (χ2n) is 13.0. The highest BCUT2D eigenvalue weighted by Gasteiger charge is 2.48. The van der Waals surface area contributed by atoms with Gasteiger partial charge < -0.3 is 15.3 Å². The van der Waals surface area contributed by atoms with E-state index < -0.39 is 29.9 Å². The molecule has 0 aliphatic carbocycles. The van der Waals surface area contributed by atoms with Crippen molar-refractivity contribution in [2.75, 3.05) is 6.61 Å². The number of aliphatic hydroxyl groups excluding tert-OH is 2. The topological polar surface area (TPSA) is 94.8 Å². The van der Waals surface area contributed by atoms with Crippen LogP contribution in [0.15, 0.2) is 0 Å². The van der Waals surface area contributed by atoms with E-state index >= 15 is 0 Å². The number of carbonyl (C=O) groups excluding carboxylic acids is 2. The fourth-order valence-electron chi connectivity index (χ4n) is 6.00. The molecule has 0 saturated carbocycles. The average molecular weight is 597 g/mol. The molecule has 0 aliphatic rings. The first-order valence-electron chi connectivity index (χ1n) is 18.5. The van der Waals surface area contributed by atoms with Gasteiger partial charge in [-0.25, -0.2) is 0 Å². The van der Waals surface area contributed by atoms with Crippen LogP contribution in [0.25, 0.3) is 0 Å². The van der Waals surface area contributed by atoms with Gasteiger partial charge in [-0.3, -0.25) is 9.59 Å². The molecule has 0 saturated heterocycles. The van der Waals surface area contributed by atoms with Crippen molar-refractivity contribution in [1.82, 2.24) is 0 Å². The van der Waals surface area contributed by atoms with E-state index in [1.54, 1.807) is 0 Å². The minimum atomic E-state index is -2.47. The van der Waals surface area contributed by atoms with Gasteiger partial charge in [0, 0.05) is 12.8 Å². The first-order valence-corrected chi connectivity index (χ1v) is 18.5. The van der Waals surface area contributed by atoms with E-state index in [2.05, 4.69) is 13.8 Å². The first-order chi connectivity index (χ1) is 20.4. The molecule has 3 N–H and O–H groups in total. The lowest BCUT2D eigenvalue weighted by atomic mass is 9.82. The number of aliphatic hydroxyl groups is 3. The van der Waals surface area contributed by atoms with Gasteiger partial charge in [0.25, 0.3) is 0 Å². The molecule has 0 aliphatic heterocycles. The molecule has 2 unspecified atom stereocenters. The molecule has 0 aromatic carbocycles. The lowest BCUT2D eigenvalue weighted by Crippen LogP contribution is -2.57. The summed E-state index contributed by atoms with van der Waals surface area (Å²) in [7, 11) is 0. The number of hydrogen-bond donors (Lipinski definition) is 3. The Hall–Kier alpha value is -0.780. The van der Waals surface area contributed by atoms with Crippen LogP contribution in [-0.4, -0.2) is 45.2 Å². The van der Waals surface area contributed by atoms with Gasteiger partial charge in [-0.1, -0.05) is 181 Å². The standard InChI is InChI=1S/C37H72O5/c1-3-5-7-9-11-13-15-17-18-20-22-24-26-28-30-32-35(40)37(42,36(41)33-38)34(39)31-29-27-25-23-21-19-16-14-12-10-8-6-4-2/h36,38,41-42H,3-33H2,1-2H3. The van der Waals surface area contributed by atoms with Gasteiger partial charge in [-0.05, 0) is 12.8 Å².